The molecule has 0 aliphatic heterocycles. The first-order valence-electron chi connectivity index (χ1n) is 34.2. The summed E-state index contributed by atoms with van der Waals surface area (Å²) >= 11 is 15.0. The highest BCUT2D eigenvalue weighted by Crippen LogP contribution is 2.52. The normalized spacial score (nSPS) is 11.1. The van der Waals surface area contributed by atoms with E-state index in [1.165, 1.54) is 32.1 Å². The molecule has 0 aliphatic carbocycles. The van der Waals surface area contributed by atoms with Gasteiger partial charge in [-0.25, -0.2) is 19.2 Å². The van der Waals surface area contributed by atoms with Crippen LogP contribution in [0.2, 0.25) is 0 Å². The second kappa shape index (κ2) is 47.0. The van der Waals surface area contributed by atoms with Crippen LogP contribution in [0.15, 0.2) is 278 Å². The number of amides is 2. The van der Waals surface area contributed by atoms with Gasteiger partial charge in [0, 0.05) is 67.4 Å². The van der Waals surface area contributed by atoms with Crippen LogP contribution in [-0.2, 0) is 116 Å². The lowest BCUT2D eigenvalue weighted by atomic mass is 10.1. The first kappa shape index (κ1) is 87.8. The number of benzene rings is 8. The van der Waals surface area contributed by atoms with Gasteiger partial charge in [0.15, 0.2) is 0 Å². The molecule has 112 heavy (non-hydrogen) atoms. The Bertz CT molecular complexity index is 4260. The maximum atomic E-state index is 13.3. The van der Waals surface area contributed by atoms with Crippen molar-refractivity contribution in [2.24, 2.45) is 0 Å². The third kappa shape index (κ3) is 33.9. The van der Waals surface area contributed by atoms with Crippen molar-refractivity contribution in [3.63, 3.8) is 0 Å². The van der Waals surface area contributed by atoms with E-state index in [2.05, 4.69) is 43.5 Å². The number of ether oxygens (including phenoxy) is 8. The molecule has 0 heterocycles. The highest BCUT2D eigenvalue weighted by Gasteiger charge is 2.30. The number of carbonyl (C=O) groups is 8. The van der Waals surface area contributed by atoms with Crippen molar-refractivity contribution < 1.29 is 103 Å². The van der Waals surface area contributed by atoms with E-state index >= 15 is 0 Å². The van der Waals surface area contributed by atoms with E-state index in [0.29, 0.717) is 68.1 Å². The summed E-state index contributed by atoms with van der Waals surface area (Å²) in [6.45, 7) is 13.1. The van der Waals surface area contributed by atoms with Gasteiger partial charge in [0.2, 0.25) is 0 Å². The molecule has 0 fully saturated rings. The molecule has 1 unspecified atom stereocenters. The number of nitrogens with one attached hydrogen (secondary N) is 2. The molecule has 8 aromatic carbocycles. The Labute approximate surface area is 668 Å². The zero-order valence-electron chi connectivity index (χ0n) is 61.2. The highest BCUT2D eigenvalue weighted by molar-refractivity contribution is 8.08. The molecule has 8 aromatic rings. The first-order valence-corrected chi connectivity index (χ1v) is 41.3. The lowest BCUT2D eigenvalue weighted by Crippen LogP contribution is -2.24. The average Bonchev–Trinajstić information content (AvgIpc) is 0.825. The zero-order valence-corrected chi connectivity index (χ0v) is 66.2. The monoisotopic (exact) mass is 1640 g/mol. The minimum atomic E-state index is -3.73. The van der Waals surface area contributed by atoms with Crippen LogP contribution in [0.5, 0.6) is 34.5 Å². The van der Waals surface area contributed by atoms with Gasteiger partial charge in [0.1, 0.15) is 86.8 Å². The van der Waals surface area contributed by atoms with Crippen molar-refractivity contribution >= 4 is 120 Å². The number of carbonyl (C=O) groups excluding carboxylic acids is 8. The maximum Gasteiger partial charge on any atom is 0.490 e. The molecule has 0 spiro atoms. The fourth-order valence-electron chi connectivity index (χ4n) is 8.88. The Morgan fingerprint density at radius 1 is 0.366 bits per heavy atom. The van der Waals surface area contributed by atoms with Gasteiger partial charge in [-0.15, -0.1) is 23.5 Å². The summed E-state index contributed by atoms with van der Waals surface area (Å²) in [6.07, 6.45) is 2.79. The number of esters is 6. The fourth-order valence-corrected chi connectivity index (χ4v) is 14.9. The molecule has 0 radical (unpaired) electrons. The SMILES string of the molecule is C=C(C)C(=O)OCCOC(=O)Cc1ccc(OP(=S)(Oc2ccc(CC(=O)OC(CSc3ccccc3)CSc3ccccc3)cc2)Oc2ccc(NC(=O)OCCOC(=O)C(=C)C)cc2)cc1.C=CCOC(=O)Cc1ccc(OP(=S)(Oc2ccc(CC(=O)OCC=C)cc2)Oc2ccc(NC(=O)OCC=C)cc2)cc1. The lowest BCUT2D eigenvalue weighted by Gasteiger charge is -2.23. The quantitative estimate of drug-likeness (QED) is 0.00682. The molecule has 586 valence electrons. The summed E-state index contributed by atoms with van der Waals surface area (Å²) in [5, 5.41) is 5.16. The first-order chi connectivity index (χ1) is 53.9. The number of hydrogen-bond acceptors (Lipinski definition) is 26. The molecule has 0 saturated carbocycles. The lowest BCUT2D eigenvalue weighted by molar-refractivity contribution is -0.149. The third-order valence-corrected chi connectivity index (χ3v) is 20.4. The highest BCUT2D eigenvalue weighted by atomic mass is 32.5. The van der Waals surface area contributed by atoms with Crippen molar-refractivity contribution in [2.75, 3.05) is 68.4 Å². The fraction of sp³-hybridized carbons (Fsp3) is 0.195. The zero-order chi connectivity index (χ0) is 80.5. The van der Waals surface area contributed by atoms with E-state index in [9.17, 15) is 38.4 Å². The van der Waals surface area contributed by atoms with Crippen molar-refractivity contribution in [1.82, 2.24) is 0 Å². The summed E-state index contributed by atoms with van der Waals surface area (Å²) in [7, 11) is 0. The Morgan fingerprint density at radius 2 is 0.643 bits per heavy atom. The van der Waals surface area contributed by atoms with Gasteiger partial charge in [-0.3, -0.25) is 29.8 Å². The molecule has 0 aromatic heterocycles. The van der Waals surface area contributed by atoms with Crippen LogP contribution in [0.25, 0.3) is 0 Å². The second-order valence-electron chi connectivity index (χ2n) is 23.4. The largest absolute Gasteiger partial charge is 0.490 e. The summed E-state index contributed by atoms with van der Waals surface area (Å²) in [4.78, 5) is 99.1. The molecule has 8 rings (SSSR count). The van der Waals surface area contributed by atoms with Gasteiger partial charge in [-0.1, -0.05) is 136 Å². The predicted molar refractivity (Wildman–Crippen MR) is 435 cm³/mol. The average molecular weight is 1640 g/mol. The molecule has 0 bridgehead atoms. The maximum absolute atomic E-state index is 13.3. The van der Waals surface area contributed by atoms with E-state index in [0.717, 1.165) is 9.79 Å². The smallest absolute Gasteiger partial charge is 0.462 e. The van der Waals surface area contributed by atoms with E-state index in [1.54, 1.807) is 169 Å². The van der Waals surface area contributed by atoms with Gasteiger partial charge >= 0.3 is 61.4 Å². The predicted octanol–water partition coefficient (Wildman–Crippen LogP) is 17.1. The van der Waals surface area contributed by atoms with Crippen LogP contribution in [0.3, 0.4) is 0 Å². The van der Waals surface area contributed by atoms with Crippen molar-refractivity contribution in [2.45, 2.75) is 55.4 Å². The summed E-state index contributed by atoms with van der Waals surface area (Å²) < 4.78 is 78.1. The second-order valence-corrected chi connectivity index (χ2v) is 31.2. The summed E-state index contributed by atoms with van der Waals surface area (Å²) in [5.41, 5.74) is 4.00. The van der Waals surface area contributed by atoms with Crippen molar-refractivity contribution in [1.29, 1.82) is 0 Å². The van der Waals surface area contributed by atoms with Gasteiger partial charge in [0.25, 0.3) is 0 Å². The van der Waals surface area contributed by atoms with Crippen molar-refractivity contribution in [3.05, 3.63) is 291 Å². The van der Waals surface area contributed by atoms with Crippen LogP contribution >= 0.6 is 37.0 Å². The van der Waals surface area contributed by atoms with Gasteiger partial charge in [-0.05, 0) is 157 Å². The van der Waals surface area contributed by atoms with Crippen molar-refractivity contribution in [3.8, 4) is 34.5 Å². The molecular formula is C82H82N2O22P2S4. The van der Waals surface area contributed by atoms with Crippen LogP contribution in [0.4, 0.5) is 21.0 Å². The topological polar surface area (TPSA) is 290 Å². The summed E-state index contributed by atoms with van der Waals surface area (Å²) in [5.74, 6) is 0.158. The number of rotatable bonds is 43. The minimum Gasteiger partial charge on any atom is -0.462 e. The van der Waals surface area contributed by atoms with Crippen LogP contribution in [0.1, 0.15) is 36.1 Å². The van der Waals surface area contributed by atoms with Gasteiger partial charge in [0.05, 0.1) is 25.7 Å². The minimum absolute atomic E-state index is 0.0166. The molecule has 1 atom stereocenters. The van der Waals surface area contributed by atoms with Crippen LogP contribution in [-0.4, -0.2) is 112 Å². The van der Waals surface area contributed by atoms with Gasteiger partial charge < -0.3 is 65.0 Å². The number of thioether (sulfide) groups is 2. The van der Waals surface area contributed by atoms with E-state index < -0.39 is 43.5 Å². The molecule has 24 nitrogen and oxygen atoms in total. The Balaban J connectivity index is 0.000000341. The third-order valence-electron chi connectivity index (χ3n) is 14.1. The van der Waals surface area contributed by atoms with Crippen LogP contribution in [0, 0.1) is 0 Å². The Hall–Kier alpha value is -11.4. The molecule has 2 amide bonds. The Morgan fingerprint density at radius 3 is 0.964 bits per heavy atom. The Kier molecular flexibility index (Phi) is 36.8. The molecule has 2 N–H and O–H groups in total. The number of hydrogen-bond donors (Lipinski definition) is 2. The molecule has 0 aliphatic rings. The molecule has 0 saturated heterocycles. The standard InChI is InChI=1S/C50H50NO13PS3.C32H32NO9PS/c1-35(2)48(54)58-28-27-57-46(52)31-37-15-21-40(22-16-37)62-65(66,64-42-25-19-39(20-26-42)51-50(56)60-30-29-59-49(55)36(3)4)63-41-23-17-38(18-24-41)32-47(53)61-43(33-67-44-11-7-5-8-12-44)34-68-45-13-9-6-10-14-45;1-4-19-37-30(34)22-24-7-13-27(14-8-24)40-43(44,41-28-15-9-25(10-16-28)23-31(35)38-20-5-2)42-29-17-11-26(12-18-29)33-32(36)39-21-6-3/h5-26,43H,1,3,27-34H2,2,4H3,(H,51,56);4-18H,1-3,19-23H2,(H,33,36). The van der Waals surface area contributed by atoms with E-state index in [4.69, 9.17) is 88.7 Å². The van der Waals surface area contributed by atoms with E-state index in [-0.39, 0.29) is 119 Å². The van der Waals surface area contributed by atoms with E-state index in [1.807, 2.05) is 60.7 Å². The number of anilines is 2. The molecular weight excluding hydrogens is 1560 g/mol. The molecule has 30 heteroatoms. The van der Waals surface area contributed by atoms with Crippen LogP contribution < -0.4 is 37.8 Å². The van der Waals surface area contributed by atoms with Gasteiger partial charge in [-0.2, -0.15) is 0 Å². The summed E-state index contributed by atoms with van der Waals surface area (Å²) in [6, 6.07) is 59.1.